The van der Waals surface area contributed by atoms with Gasteiger partial charge in [-0.05, 0) is 38.5 Å². The summed E-state index contributed by atoms with van der Waals surface area (Å²) in [6.07, 6.45) is 1.12. The molecule has 2 nitrogen and oxygen atoms in total. The van der Waals surface area contributed by atoms with E-state index < -0.39 is 0 Å². The predicted molar refractivity (Wildman–Crippen MR) is 65.7 cm³/mol. The van der Waals surface area contributed by atoms with Crippen LogP contribution < -0.4 is 5.73 Å². The quantitative estimate of drug-likeness (QED) is 0.801. The van der Waals surface area contributed by atoms with E-state index in [4.69, 9.17) is 5.73 Å². The molecule has 0 amide bonds. The maximum Gasteiger partial charge on any atom is 0.0345 e. The first-order valence-corrected chi connectivity index (χ1v) is 5.56. The van der Waals surface area contributed by atoms with Crippen LogP contribution in [0.4, 0.5) is 0 Å². The topological polar surface area (TPSA) is 29.3 Å². The van der Waals surface area contributed by atoms with Crippen molar-refractivity contribution < 1.29 is 0 Å². The van der Waals surface area contributed by atoms with Crippen LogP contribution in [0.3, 0.4) is 0 Å². The third kappa shape index (κ3) is 3.65. The van der Waals surface area contributed by atoms with Crippen molar-refractivity contribution in [1.82, 2.24) is 4.90 Å². The van der Waals surface area contributed by atoms with Crippen molar-refractivity contribution >= 4 is 0 Å². The standard InChI is InChI=1S/C13H22N2/c1-11(10-14)9-13(15(2)3)12-7-5-4-6-8-12/h4-8,11,13H,9-10,14H2,1-3H3. The molecule has 0 saturated heterocycles. The third-order valence-electron chi connectivity index (χ3n) is 2.84. The molecule has 0 saturated carbocycles. The number of nitrogens with zero attached hydrogens (tertiary/aromatic N) is 1. The zero-order valence-electron chi connectivity index (χ0n) is 9.98. The van der Waals surface area contributed by atoms with E-state index >= 15 is 0 Å². The van der Waals surface area contributed by atoms with Crippen molar-refractivity contribution in [2.45, 2.75) is 19.4 Å². The Kier molecular flexibility index (Phi) is 4.79. The molecular formula is C13H22N2. The lowest BCUT2D eigenvalue weighted by atomic mass is 9.95. The van der Waals surface area contributed by atoms with Crippen molar-refractivity contribution in [3.05, 3.63) is 35.9 Å². The van der Waals surface area contributed by atoms with Gasteiger partial charge in [0.15, 0.2) is 0 Å². The molecule has 1 rings (SSSR count). The van der Waals surface area contributed by atoms with Crippen LogP contribution in [-0.4, -0.2) is 25.5 Å². The number of rotatable bonds is 5. The Morgan fingerprint density at radius 1 is 1.20 bits per heavy atom. The van der Waals surface area contributed by atoms with Gasteiger partial charge < -0.3 is 10.6 Å². The maximum absolute atomic E-state index is 5.68. The van der Waals surface area contributed by atoms with Gasteiger partial charge in [0.05, 0.1) is 0 Å². The van der Waals surface area contributed by atoms with Crippen molar-refractivity contribution in [2.24, 2.45) is 11.7 Å². The molecule has 84 valence electrons. The highest BCUT2D eigenvalue weighted by Gasteiger charge is 2.16. The van der Waals surface area contributed by atoms with Gasteiger partial charge in [0.2, 0.25) is 0 Å². The summed E-state index contributed by atoms with van der Waals surface area (Å²) >= 11 is 0. The van der Waals surface area contributed by atoms with Crippen LogP contribution >= 0.6 is 0 Å². The Labute approximate surface area is 93.1 Å². The van der Waals surface area contributed by atoms with E-state index in [1.807, 2.05) is 0 Å². The first-order chi connectivity index (χ1) is 7.15. The molecule has 15 heavy (non-hydrogen) atoms. The van der Waals surface area contributed by atoms with E-state index in [1.165, 1.54) is 5.56 Å². The molecule has 0 aliphatic heterocycles. The van der Waals surface area contributed by atoms with E-state index in [-0.39, 0.29) is 0 Å². The van der Waals surface area contributed by atoms with E-state index in [0.717, 1.165) is 13.0 Å². The van der Waals surface area contributed by atoms with Gasteiger partial charge in [0.25, 0.3) is 0 Å². The number of hydrogen-bond donors (Lipinski definition) is 1. The van der Waals surface area contributed by atoms with Crippen LogP contribution in [0.25, 0.3) is 0 Å². The molecule has 1 aromatic carbocycles. The van der Waals surface area contributed by atoms with Gasteiger partial charge in [-0.1, -0.05) is 37.3 Å². The molecule has 0 aliphatic carbocycles. The lowest BCUT2D eigenvalue weighted by Gasteiger charge is -2.27. The van der Waals surface area contributed by atoms with Gasteiger partial charge in [-0.15, -0.1) is 0 Å². The van der Waals surface area contributed by atoms with Crippen LogP contribution in [0.2, 0.25) is 0 Å². The monoisotopic (exact) mass is 206 g/mol. The fraction of sp³-hybridized carbons (Fsp3) is 0.538. The summed E-state index contributed by atoms with van der Waals surface area (Å²) in [7, 11) is 4.25. The minimum absolute atomic E-state index is 0.477. The first-order valence-electron chi connectivity index (χ1n) is 5.56. The summed E-state index contributed by atoms with van der Waals surface area (Å²) < 4.78 is 0. The predicted octanol–water partition coefficient (Wildman–Crippen LogP) is 2.27. The first kappa shape index (κ1) is 12.2. The Balaban J connectivity index is 2.75. The van der Waals surface area contributed by atoms with Gasteiger partial charge in [0.1, 0.15) is 0 Å². The van der Waals surface area contributed by atoms with Gasteiger partial charge in [-0.3, -0.25) is 0 Å². The normalized spacial score (nSPS) is 15.3. The Hall–Kier alpha value is -0.860. The average Bonchev–Trinajstić information content (AvgIpc) is 2.26. The molecule has 1 aromatic rings. The molecule has 0 radical (unpaired) electrons. The number of hydrogen-bond acceptors (Lipinski definition) is 2. The van der Waals surface area contributed by atoms with Crippen molar-refractivity contribution in [3.63, 3.8) is 0 Å². The van der Waals surface area contributed by atoms with E-state index in [0.29, 0.717) is 12.0 Å². The SMILES string of the molecule is CC(CN)CC(c1ccccc1)N(C)C. The summed E-state index contributed by atoms with van der Waals surface area (Å²) in [5, 5.41) is 0. The fourth-order valence-electron chi connectivity index (χ4n) is 1.80. The second kappa shape index (κ2) is 5.89. The Morgan fingerprint density at radius 3 is 2.27 bits per heavy atom. The number of benzene rings is 1. The number of nitrogens with two attached hydrogens (primary N) is 1. The third-order valence-corrected chi connectivity index (χ3v) is 2.84. The zero-order valence-corrected chi connectivity index (χ0v) is 9.98. The van der Waals surface area contributed by atoms with Gasteiger partial charge in [-0.25, -0.2) is 0 Å². The van der Waals surface area contributed by atoms with Crippen LogP contribution in [0.1, 0.15) is 24.9 Å². The molecule has 0 bridgehead atoms. The highest BCUT2D eigenvalue weighted by atomic mass is 15.1. The molecule has 0 spiro atoms. The van der Waals surface area contributed by atoms with Crippen LogP contribution in [0.15, 0.2) is 30.3 Å². The zero-order chi connectivity index (χ0) is 11.3. The minimum Gasteiger partial charge on any atom is -0.330 e. The molecule has 0 fully saturated rings. The van der Waals surface area contributed by atoms with Crippen molar-refractivity contribution in [1.29, 1.82) is 0 Å². The highest BCUT2D eigenvalue weighted by molar-refractivity contribution is 5.18. The molecule has 0 aliphatic rings. The van der Waals surface area contributed by atoms with Crippen LogP contribution in [0, 0.1) is 5.92 Å². The van der Waals surface area contributed by atoms with E-state index in [9.17, 15) is 0 Å². The van der Waals surface area contributed by atoms with Crippen LogP contribution in [-0.2, 0) is 0 Å². The van der Waals surface area contributed by atoms with Crippen molar-refractivity contribution in [2.75, 3.05) is 20.6 Å². The Morgan fingerprint density at radius 2 is 1.80 bits per heavy atom. The van der Waals surface area contributed by atoms with E-state index in [2.05, 4.69) is 56.3 Å². The summed E-state index contributed by atoms with van der Waals surface area (Å²) in [6, 6.07) is 11.1. The lowest BCUT2D eigenvalue weighted by molar-refractivity contribution is 0.255. The summed E-state index contributed by atoms with van der Waals surface area (Å²) in [4.78, 5) is 2.27. The maximum atomic E-state index is 5.68. The largest absolute Gasteiger partial charge is 0.330 e. The minimum atomic E-state index is 0.477. The molecule has 2 unspecified atom stereocenters. The molecule has 2 heteroatoms. The lowest BCUT2D eigenvalue weighted by Crippen LogP contribution is -2.24. The van der Waals surface area contributed by atoms with Gasteiger partial charge in [0, 0.05) is 6.04 Å². The van der Waals surface area contributed by atoms with Crippen molar-refractivity contribution in [3.8, 4) is 0 Å². The average molecular weight is 206 g/mol. The highest BCUT2D eigenvalue weighted by Crippen LogP contribution is 2.24. The second-order valence-corrected chi connectivity index (χ2v) is 4.47. The molecular weight excluding hydrogens is 184 g/mol. The summed E-state index contributed by atoms with van der Waals surface area (Å²) in [5.74, 6) is 0.567. The van der Waals surface area contributed by atoms with Gasteiger partial charge in [-0.2, -0.15) is 0 Å². The molecule has 2 atom stereocenters. The Bertz CT molecular complexity index is 269. The molecule has 0 aromatic heterocycles. The summed E-state index contributed by atoms with van der Waals surface area (Å²) in [6.45, 7) is 2.97. The molecule has 0 heterocycles. The van der Waals surface area contributed by atoms with E-state index in [1.54, 1.807) is 0 Å². The second-order valence-electron chi connectivity index (χ2n) is 4.47. The smallest absolute Gasteiger partial charge is 0.0345 e. The van der Waals surface area contributed by atoms with Gasteiger partial charge >= 0.3 is 0 Å². The fourth-order valence-corrected chi connectivity index (χ4v) is 1.80. The summed E-state index contributed by atoms with van der Waals surface area (Å²) in [5.41, 5.74) is 7.06. The molecule has 2 N–H and O–H groups in total. The van der Waals surface area contributed by atoms with Crippen LogP contribution in [0.5, 0.6) is 0 Å².